The lowest BCUT2D eigenvalue weighted by Crippen LogP contribution is -2.32. The Hall–Kier alpha value is 0.0500. The molecular weight excluding hydrogens is 211 g/mol. The zero-order chi connectivity index (χ0) is 9.84. The van der Waals surface area contributed by atoms with Gasteiger partial charge in [0, 0.05) is 12.8 Å². The summed E-state index contributed by atoms with van der Waals surface area (Å²) in [5, 5.41) is -0.0386. The maximum atomic E-state index is 11.0. The fraction of sp³-hybridized carbons (Fsp3) is 0.889. The fourth-order valence-corrected chi connectivity index (χ4v) is 1.97. The minimum absolute atomic E-state index is 0.0232. The zero-order valence-electron chi connectivity index (χ0n) is 7.63. The van der Waals surface area contributed by atoms with Crippen molar-refractivity contribution in [2.24, 2.45) is 0 Å². The minimum atomic E-state index is -0.151. The highest BCUT2D eigenvalue weighted by molar-refractivity contribution is 6.30. The Morgan fingerprint density at radius 2 is 2.08 bits per heavy atom. The SMILES string of the molecule is CCC(=O)OC1CCC(Cl)C(Cl)C1. The van der Waals surface area contributed by atoms with Crippen LogP contribution in [0.4, 0.5) is 0 Å². The predicted molar refractivity (Wildman–Crippen MR) is 53.3 cm³/mol. The van der Waals surface area contributed by atoms with Crippen molar-refractivity contribution in [2.45, 2.75) is 49.5 Å². The maximum Gasteiger partial charge on any atom is 0.305 e. The second-order valence-electron chi connectivity index (χ2n) is 3.31. The van der Waals surface area contributed by atoms with Crippen LogP contribution >= 0.6 is 23.2 Å². The normalized spacial score (nSPS) is 34.2. The highest BCUT2D eigenvalue weighted by atomic mass is 35.5. The van der Waals surface area contributed by atoms with Gasteiger partial charge >= 0.3 is 5.97 Å². The standard InChI is InChI=1S/C9H14Cl2O2/c1-2-9(12)13-6-3-4-7(10)8(11)5-6/h6-8H,2-5H2,1H3. The Bertz CT molecular complexity index is 184. The molecule has 0 aromatic carbocycles. The Kier molecular flexibility index (Phi) is 4.33. The number of ether oxygens (including phenoxy) is 1. The minimum Gasteiger partial charge on any atom is -0.462 e. The van der Waals surface area contributed by atoms with Crippen LogP contribution in [0.3, 0.4) is 0 Å². The fourth-order valence-electron chi connectivity index (χ4n) is 1.42. The first-order valence-electron chi connectivity index (χ1n) is 4.61. The quantitative estimate of drug-likeness (QED) is 0.533. The van der Waals surface area contributed by atoms with Gasteiger partial charge in [-0.1, -0.05) is 6.92 Å². The van der Waals surface area contributed by atoms with Crippen LogP contribution in [0.5, 0.6) is 0 Å². The first-order chi connectivity index (χ1) is 6.13. The number of hydrogen-bond acceptors (Lipinski definition) is 2. The van der Waals surface area contributed by atoms with Gasteiger partial charge in [-0.2, -0.15) is 0 Å². The van der Waals surface area contributed by atoms with Crippen LogP contribution in [0.1, 0.15) is 32.6 Å². The molecule has 1 aliphatic carbocycles. The summed E-state index contributed by atoms with van der Waals surface area (Å²) in [5.74, 6) is -0.151. The summed E-state index contributed by atoms with van der Waals surface area (Å²) in [4.78, 5) is 11.0. The lowest BCUT2D eigenvalue weighted by atomic mass is 9.97. The number of halogens is 2. The summed E-state index contributed by atoms with van der Waals surface area (Å²) in [6.07, 6.45) is 2.75. The number of alkyl halides is 2. The Morgan fingerprint density at radius 3 is 2.62 bits per heavy atom. The van der Waals surface area contributed by atoms with Crippen LogP contribution in [0.15, 0.2) is 0 Å². The molecular formula is C9H14Cl2O2. The summed E-state index contributed by atoms with van der Waals surface area (Å²) in [5.41, 5.74) is 0. The van der Waals surface area contributed by atoms with E-state index in [-0.39, 0.29) is 22.8 Å². The average Bonchev–Trinajstić information content (AvgIpc) is 2.11. The molecule has 4 heteroatoms. The summed E-state index contributed by atoms with van der Waals surface area (Å²) >= 11 is 11.9. The van der Waals surface area contributed by atoms with Crippen molar-refractivity contribution in [1.82, 2.24) is 0 Å². The number of hydrogen-bond donors (Lipinski definition) is 0. The molecule has 76 valence electrons. The molecule has 0 radical (unpaired) electrons. The van der Waals surface area contributed by atoms with E-state index in [1.165, 1.54) is 0 Å². The summed E-state index contributed by atoms with van der Waals surface area (Å²) in [7, 11) is 0. The molecule has 3 atom stereocenters. The first-order valence-corrected chi connectivity index (χ1v) is 5.48. The molecule has 0 N–H and O–H groups in total. The van der Waals surface area contributed by atoms with E-state index in [2.05, 4.69) is 0 Å². The van der Waals surface area contributed by atoms with Crippen molar-refractivity contribution in [3.8, 4) is 0 Å². The molecule has 0 bridgehead atoms. The van der Waals surface area contributed by atoms with Crippen LogP contribution in [0.2, 0.25) is 0 Å². The maximum absolute atomic E-state index is 11.0. The van der Waals surface area contributed by atoms with Crippen molar-refractivity contribution in [3.05, 3.63) is 0 Å². The molecule has 0 heterocycles. The van der Waals surface area contributed by atoms with Gasteiger partial charge in [0.15, 0.2) is 0 Å². The predicted octanol–water partition coefficient (Wildman–Crippen LogP) is 2.71. The van der Waals surface area contributed by atoms with E-state index in [4.69, 9.17) is 27.9 Å². The Morgan fingerprint density at radius 1 is 1.38 bits per heavy atom. The van der Waals surface area contributed by atoms with Gasteiger partial charge in [-0.3, -0.25) is 4.79 Å². The van der Waals surface area contributed by atoms with Gasteiger partial charge in [-0.15, -0.1) is 23.2 Å². The molecule has 0 amide bonds. The van der Waals surface area contributed by atoms with Crippen molar-refractivity contribution in [2.75, 3.05) is 0 Å². The van der Waals surface area contributed by atoms with Gasteiger partial charge < -0.3 is 4.74 Å². The first kappa shape index (κ1) is 11.1. The average molecular weight is 225 g/mol. The van der Waals surface area contributed by atoms with Gasteiger partial charge in [0.25, 0.3) is 0 Å². The second kappa shape index (κ2) is 5.06. The number of rotatable bonds is 2. The lowest BCUT2D eigenvalue weighted by molar-refractivity contribution is -0.149. The molecule has 3 unspecified atom stereocenters. The van der Waals surface area contributed by atoms with E-state index in [1.54, 1.807) is 6.92 Å². The largest absolute Gasteiger partial charge is 0.462 e. The molecule has 0 spiro atoms. The highest BCUT2D eigenvalue weighted by Gasteiger charge is 2.29. The topological polar surface area (TPSA) is 26.3 Å². The molecule has 1 aliphatic rings. The van der Waals surface area contributed by atoms with E-state index < -0.39 is 0 Å². The molecule has 1 fully saturated rings. The Labute approximate surface area is 88.5 Å². The zero-order valence-corrected chi connectivity index (χ0v) is 9.14. The summed E-state index contributed by atoms with van der Waals surface area (Å²) in [6.45, 7) is 1.79. The molecule has 0 aromatic rings. The molecule has 1 rings (SSSR count). The number of carbonyl (C=O) groups excluding carboxylic acids is 1. The van der Waals surface area contributed by atoms with E-state index in [9.17, 15) is 4.79 Å². The smallest absolute Gasteiger partial charge is 0.305 e. The molecule has 0 aromatic heterocycles. The van der Waals surface area contributed by atoms with E-state index >= 15 is 0 Å². The van der Waals surface area contributed by atoms with Gasteiger partial charge in [0.05, 0.1) is 10.8 Å². The second-order valence-corrected chi connectivity index (χ2v) is 4.43. The third-order valence-electron chi connectivity index (χ3n) is 2.23. The third-order valence-corrected chi connectivity index (χ3v) is 3.37. The van der Waals surface area contributed by atoms with Crippen LogP contribution < -0.4 is 0 Å². The highest BCUT2D eigenvalue weighted by Crippen LogP contribution is 2.29. The van der Waals surface area contributed by atoms with Crippen LogP contribution in [-0.2, 0) is 9.53 Å². The van der Waals surface area contributed by atoms with E-state index in [0.717, 1.165) is 12.8 Å². The van der Waals surface area contributed by atoms with Crippen LogP contribution in [0.25, 0.3) is 0 Å². The molecule has 13 heavy (non-hydrogen) atoms. The van der Waals surface area contributed by atoms with E-state index in [0.29, 0.717) is 12.8 Å². The van der Waals surface area contributed by atoms with E-state index in [1.807, 2.05) is 0 Å². The lowest BCUT2D eigenvalue weighted by Gasteiger charge is -2.28. The third kappa shape index (κ3) is 3.35. The van der Waals surface area contributed by atoms with Crippen molar-refractivity contribution < 1.29 is 9.53 Å². The summed E-state index contributed by atoms with van der Waals surface area (Å²) in [6, 6.07) is 0. The van der Waals surface area contributed by atoms with Gasteiger partial charge in [0.2, 0.25) is 0 Å². The van der Waals surface area contributed by atoms with Gasteiger partial charge in [-0.25, -0.2) is 0 Å². The van der Waals surface area contributed by atoms with Gasteiger partial charge in [-0.05, 0) is 12.8 Å². The van der Waals surface area contributed by atoms with Crippen molar-refractivity contribution >= 4 is 29.2 Å². The summed E-state index contributed by atoms with van der Waals surface area (Å²) < 4.78 is 5.18. The van der Waals surface area contributed by atoms with Gasteiger partial charge in [0.1, 0.15) is 6.10 Å². The number of esters is 1. The van der Waals surface area contributed by atoms with Crippen molar-refractivity contribution in [1.29, 1.82) is 0 Å². The molecule has 1 saturated carbocycles. The van der Waals surface area contributed by atoms with Crippen LogP contribution in [-0.4, -0.2) is 22.8 Å². The molecule has 0 saturated heterocycles. The Balaban J connectivity index is 2.33. The molecule has 2 nitrogen and oxygen atoms in total. The number of carbonyl (C=O) groups is 1. The monoisotopic (exact) mass is 224 g/mol. The molecule has 0 aliphatic heterocycles. The van der Waals surface area contributed by atoms with Crippen LogP contribution in [0, 0.1) is 0 Å². The van der Waals surface area contributed by atoms with Crippen molar-refractivity contribution in [3.63, 3.8) is 0 Å².